The van der Waals surface area contributed by atoms with Crippen LogP contribution in [0.15, 0.2) is 22.9 Å². The van der Waals surface area contributed by atoms with Crippen molar-refractivity contribution in [2.75, 3.05) is 14.2 Å². The fraction of sp³-hybridized carbons (Fsp3) is 0.400. The molecule has 0 fully saturated rings. The number of rotatable bonds is 4. The van der Waals surface area contributed by atoms with Gasteiger partial charge in [0.25, 0.3) is 0 Å². The highest BCUT2D eigenvalue weighted by atomic mass is 16.5. The molecule has 0 spiro atoms. The Morgan fingerprint density at radius 1 is 1.21 bits per heavy atom. The van der Waals surface area contributed by atoms with Gasteiger partial charge in [0.1, 0.15) is 17.3 Å². The summed E-state index contributed by atoms with van der Waals surface area (Å²) in [5.41, 5.74) is 3.42. The third-order valence-corrected chi connectivity index (χ3v) is 3.50. The minimum Gasteiger partial charge on any atom is -0.495 e. The predicted octanol–water partition coefficient (Wildman–Crippen LogP) is 2.92. The molecule has 1 N–H and O–H groups in total. The Kier molecular flexibility index (Phi) is 3.90. The van der Waals surface area contributed by atoms with Gasteiger partial charge in [-0.1, -0.05) is 0 Å². The van der Waals surface area contributed by atoms with Gasteiger partial charge in [-0.15, -0.1) is 0 Å². The van der Waals surface area contributed by atoms with Gasteiger partial charge in [0.05, 0.1) is 19.3 Å². The number of pyridine rings is 1. The molecule has 2 aromatic heterocycles. The van der Waals surface area contributed by atoms with Gasteiger partial charge >= 0.3 is 0 Å². The predicted molar refractivity (Wildman–Crippen MR) is 74.6 cm³/mol. The van der Waals surface area contributed by atoms with E-state index in [-0.39, 0.29) is 6.04 Å². The zero-order chi connectivity index (χ0) is 14.0. The maximum Gasteiger partial charge on any atom is 0.137 e. The molecular formula is C15H20N2O2. The van der Waals surface area contributed by atoms with Crippen molar-refractivity contribution in [1.82, 2.24) is 10.3 Å². The Labute approximate surface area is 113 Å². The lowest BCUT2D eigenvalue weighted by Gasteiger charge is -2.17. The number of nitrogens with zero attached hydrogens (tertiary/aromatic N) is 1. The van der Waals surface area contributed by atoms with Crippen molar-refractivity contribution < 1.29 is 9.15 Å². The molecule has 19 heavy (non-hydrogen) atoms. The van der Waals surface area contributed by atoms with Crippen LogP contribution in [0.25, 0.3) is 0 Å². The summed E-state index contributed by atoms with van der Waals surface area (Å²) in [6.45, 7) is 6.06. The normalized spacial score (nSPS) is 12.5. The average molecular weight is 260 g/mol. The molecular weight excluding hydrogens is 240 g/mol. The lowest BCUT2D eigenvalue weighted by molar-refractivity contribution is 0.411. The zero-order valence-electron chi connectivity index (χ0n) is 12.1. The number of aromatic nitrogens is 1. The highest BCUT2D eigenvalue weighted by Gasteiger charge is 2.21. The second kappa shape index (κ2) is 5.45. The first-order valence-corrected chi connectivity index (χ1v) is 6.31. The van der Waals surface area contributed by atoms with Gasteiger partial charge in [-0.25, -0.2) is 0 Å². The van der Waals surface area contributed by atoms with Crippen molar-refractivity contribution in [1.29, 1.82) is 0 Å². The van der Waals surface area contributed by atoms with Crippen LogP contribution < -0.4 is 10.1 Å². The molecule has 0 aliphatic rings. The topological polar surface area (TPSA) is 47.3 Å². The molecule has 0 saturated heterocycles. The third-order valence-electron chi connectivity index (χ3n) is 3.50. The van der Waals surface area contributed by atoms with Crippen molar-refractivity contribution in [3.05, 3.63) is 46.7 Å². The molecule has 0 amide bonds. The Bertz CT molecular complexity index is 576. The van der Waals surface area contributed by atoms with Crippen LogP contribution in [-0.4, -0.2) is 19.1 Å². The summed E-state index contributed by atoms with van der Waals surface area (Å²) < 4.78 is 11.0. The fourth-order valence-corrected chi connectivity index (χ4v) is 2.42. The van der Waals surface area contributed by atoms with E-state index in [1.54, 1.807) is 13.3 Å². The van der Waals surface area contributed by atoms with Crippen LogP contribution in [0.2, 0.25) is 0 Å². The SMILES string of the molecule is CNC(c1cncc(OC)c1)c1c(C)oc(C)c1C. The van der Waals surface area contributed by atoms with E-state index in [1.165, 1.54) is 11.1 Å². The van der Waals surface area contributed by atoms with Crippen LogP contribution >= 0.6 is 0 Å². The number of methoxy groups -OCH3 is 1. The summed E-state index contributed by atoms with van der Waals surface area (Å²) in [7, 11) is 3.58. The number of hydrogen-bond acceptors (Lipinski definition) is 4. The Morgan fingerprint density at radius 2 is 1.95 bits per heavy atom. The van der Waals surface area contributed by atoms with Crippen LogP contribution in [0.1, 0.15) is 34.3 Å². The van der Waals surface area contributed by atoms with Crippen molar-refractivity contribution in [3.8, 4) is 5.75 Å². The second-order valence-corrected chi connectivity index (χ2v) is 4.63. The maximum absolute atomic E-state index is 5.71. The molecule has 0 aliphatic carbocycles. The van der Waals surface area contributed by atoms with E-state index >= 15 is 0 Å². The summed E-state index contributed by atoms with van der Waals surface area (Å²) in [5, 5.41) is 3.33. The van der Waals surface area contributed by atoms with Crippen molar-refractivity contribution in [3.63, 3.8) is 0 Å². The number of ether oxygens (including phenoxy) is 1. The highest BCUT2D eigenvalue weighted by molar-refractivity contribution is 5.41. The van der Waals surface area contributed by atoms with Crippen LogP contribution in [0, 0.1) is 20.8 Å². The van der Waals surface area contributed by atoms with Gasteiger partial charge in [-0.3, -0.25) is 4.98 Å². The van der Waals surface area contributed by atoms with Crippen LogP contribution in [0.4, 0.5) is 0 Å². The summed E-state index contributed by atoms with van der Waals surface area (Å²) in [5.74, 6) is 2.66. The van der Waals surface area contributed by atoms with Crippen molar-refractivity contribution >= 4 is 0 Å². The smallest absolute Gasteiger partial charge is 0.137 e. The van der Waals surface area contributed by atoms with Crippen molar-refractivity contribution in [2.45, 2.75) is 26.8 Å². The maximum atomic E-state index is 5.71. The molecule has 4 nitrogen and oxygen atoms in total. The van der Waals surface area contributed by atoms with E-state index in [2.05, 4.69) is 17.2 Å². The molecule has 4 heteroatoms. The molecule has 0 bridgehead atoms. The number of nitrogens with one attached hydrogen (secondary N) is 1. The molecule has 0 aromatic carbocycles. The van der Waals surface area contributed by atoms with Gasteiger partial charge in [0.2, 0.25) is 0 Å². The van der Waals surface area contributed by atoms with E-state index in [4.69, 9.17) is 9.15 Å². The van der Waals surface area contributed by atoms with Gasteiger partial charge in [0.15, 0.2) is 0 Å². The van der Waals surface area contributed by atoms with Crippen LogP contribution in [0.3, 0.4) is 0 Å². The molecule has 1 atom stereocenters. The first kappa shape index (κ1) is 13.6. The summed E-state index contributed by atoms with van der Waals surface area (Å²) in [4.78, 5) is 4.22. The van der Waals surface area contributed by atoms with Crippen molar-refractivity contribution in [2.24, 2.45) is 0 Å². The second-order valence-electron chi connectivity index (χ2n) is 4.63. The Balaban J connectivity index is 2.49. The fourth-order valence-electron chi connectivity index (χ4n) is 2.42. The molecule has 2 rings (SSSR count). The number of aryl methyl sites for hydroxylation is 2. The molecule has 2 aromatic rings. The standard InChI is InChI=1S/C15H20N2O2/c1-9-10(2)19-11(3)14(9)15(16-4)12-6-13(18-5)8-17-7-12/h6-8,15-16H,1-5H3. The lowest BCUT2D eigenvalue weighted by atomic mass is 9.96. The molecule has 0 radical (unpaired) electrons. The van der Waals surface area contributed by atoms with Gasteiger partial charge in [-0.05, 0) is 45.0 Å². The first-order chi connectivity index (χ1) is 9.08. The molecule has 2 heterocycles. The molecule has 1 unspecified atom stereocenters. The monoisotopic (exact) mass is 260 g/mol. The zero-order valence-corrected chi connectivity index (χ0v) is 12.1. The summed E-state index contributed by atoms with van der Waals surface area (Å²) >= 11 is 0. The first-order valence-electron chi connectivity index (χ1n) is 6.31. The van der Waals surface area contributed by atoms with Gasteiger partial charge in [0, 0.05) is 11.8 Å². The van der Waals surface area contributed by atoms with E-state index in [1.807, 2.05) is 33.2 Å². The van der Waals surface area contributed by atoms with Gasteiger partial charge < -0.3 is 14.5 Å². The molecule has 0 saturated carbocycles. The van der Waals surface area contributed by atoms with Crippen LogP contribution in [-0.2, 0) is 0 Å². The van der Waals surface area contributed by atoms with E-state index in [0.29, 0.717) is 0 Å². The quantitative estimate of drug-likeness (QED) is 0.918. The minimum absolute atomic E-state index is 0.0556. The lowest BCUT2D eigenvalue weighted by Crippen LogP contribution is -2.19. The third kappa shape index (κ3) is 2.49. The van der Waals surface area contributed by atoms with Crippen LogP contribution in [0.5, 0.6) is 5.75 Å². The minimum atomic E-state index is 0.0556. The average Bonchev–Trinajstić information content (AvgIpc) is 2.66. The van der Waals surface area contributed by atoms with Gasteiger partial charge in [-0.2, -0.15) is 0 Å². The Hall–Kier alpha value is -1.81. The van der Waals surface area contributed by atoms with E-state index in [9.17, 15) is 0 Å². The number of hydrogen-bond donors (Lipinski definition) is 1. The summed E-state index contributed by atoms with van der Waals surface area (Å²) in [6.07, 6.45) is 3.56. The highest BCUT2D eigenvalue weighted by Crippen LogP contribution is 2.31. The largest absolute Gasteiger partial charge is 0.495 e. The Morgan fingerprint density at radius 3 is 2.47 bits per heavy atom. The molecule has 0 aliphatic heterocycles. The van der Waals surface area contributed by atoms with E-state index in [0.717, 1.165) is 22.8 Å². The summed E-state index contributed by atoms with van der Waals surface area (Å²) in [6, 6.07) is 2.05. The van der Waals surface area contributed by atoms with E-state index < -0.39 is 0 Å². The molecule has 102 valence electrons. The number of furan rings is 1.